The van der Waals surface area contributed by atoms with E-state index in [-0.39, 0.29) is 11.9 Å². The summed E-state index contributed by atoms with van der Waals surface area (Å²) >= 11 is 0. The van der Waals surface area contributed by atoms with E-state index in [1.54, 1.807) is 7.11 Å². The number of likely N-dealkylation sites (tertiary alicyclic amines) is 1. The molecule has 1 aliphatic rings. The van der Waals surface area contributed by atoms with E-state index in [1.807, 2.05) is 31.2 Å². The number of hydrogen-bond acceptors (Lipinski definition) is 4. The fourth-order valence-electron chi connectivity index (χ4n) is 2.58. The van der Waals surface area contributed by atoms with Crippen molar-refractivity contribution in [2.45, 2.75) is 19.4 Å². The van der Waals surface area contributed by atoms with E-state index in [0.717, 1.165) is 19.5 Å². The smallest absolute Gasteiger partial charge is 0.238 e. The van der Waals surface area contributed by atoms with Gasteiger partial charge in [0, 0.05) is 12.6 Å². The van der Waals surface area contributed by atoms with Crippen LogP contribution in [-0.4, -0.2) is 43.6 Å². The van der Waals surface area contributed by atoms with E-state index in [4.69, 9.17) is 10.5 Å². The van der Waals surface area contributed by atoms with Crippen LogP contribution in [0.5, 0.6) is 5.75 Å². The van der Waals surface area contributed by atoms with Gasteiger partial charge in [0.15, 0.2) is 0 Å². The van der Waals surface area contributed by atoms with Gasteiger partial charge in [-0.15, -0.1) is 0 Å². The fourth-order valence-corrected chi connectivity index (χ4v) is 2.58. The molecular formula is C15H23N3O2. The van der Waals surface area contributed by atoms with Crippen molar-refractivity contribution in [3.63, 3.8) is 0 Å². The molecule has 2 atom stereocenters. The number of methoxy groups -OCH3 is 1. The SMILES string of the molecule is COc1ccccc1NC(=O)CN1CCC(C(C)N)C1. The zero-order valence-electron chi connectivity index (χ0n) is 12.1. The van der Waals surface area contributed by atoms with Crippen LogP contribution in [0.15, 0.2) is 24.3 Å². The molecule has 1 aromatic rings. The number of nitrogens with two attached hydrogens (primary N) is 1. The lowest BCUT2D eigenvalue weighted by atomic mass is 10.0. The molecule has 5 heteroatoms. The maximum atomic E-state index is 12.1. The molecule has 2 rings (SSSR count). The Morgan fingerprint density at radius 1 is 1.55 bits per heavy atom. The summed E-state index contributed by atoms with van der Waals surface area (Å²) in [6.07, 6.45) is 1.07. The van der Waals surface area contributed by atoms with Gasteiger partial charge in [0.1, 0.15) is 5.75 Å². The minimum absolute atomic E-state index is 0.0141. The van der Waals surface area contributed by atoms with Gasteiger partial charge < -0.3 is 15.8 Å². The summed E-state index contributed by atoms with van der Waals surface area (Å²) in [6.45, 7) is 4.27. The minimum atomic E-state index is -0.0141. The highest BCUT2D eigenvalue weighted by molar-refractivity contribution is 5.93. The first-order chi connectivity index (χ1) is 9.60. The minimum Gasteiger partial charge on any atom is -0.495 e. The lowest BCUT2D eigenvalue weighted by Crippen LogP contribution is -2.34. The Hall–Kier alpha value is -1.59. The molecule has 0 bridgehead atoms. The van der Waals surface area contributed by atoms with E-state index in [9.17, 15) is 4.79 Å². The first-order valence-corrected chi connectivity index (χ1v) is 7.01. The second-order valence-electron chi connectivity index (χ2n) is 5.39. The van der Waals surface area contributed by atoms with Crippen molar-refractivity contribution in [2.24, 2.45) is 11.7 Å². The van der Waals surface area contributed by atoms with Crippen molar-refractivity contribution in [1.29, 1.82) is 0 Å². The quantitative estimate of drug-likeness (QED) is 0.851. The van der Waals surface area contributed by atoms with Gasteiger partial charge in [-0.2, -0.15) is 0 Å². The molecule has 0 aromatic heterocycles. The highest BCUT2D eigenvalue weighted by Crippen LogP contribution is 2.23. The zero-order valence-corrected chi connectivity index (χ0v) is 12.1. The standard InChI is InChI=1S/C15H23N3O2/c1-11(16)12-7-8-18(9-12)10-15(19)17-13-5-3-4-6-14(13)20-2/h3-6,11-12H,7-10,16H2,1-2H3,(H,17,19). The number of amides is 1. The van der Waals surface area contributed by atoms with Crippen molar-refractivity contribution in [3.05, 3.63) is 24.3 Å². The molecule has 110 valence electrons. The number of nitrogens with one attached hydrogen (secondary N) is 1. The number of anilines is 1. The Kier molecular flexibility index (Phi) is 4.98. The van der Waals surface area contributed by atoms with E-state index in [1.165, 1.54) is 0 Å². The summed E-state index contributed by atoms with van der Waals surface area (Å²) in [5.41, 5.74) is 6.62. The summed E-state index contributed by atoms with van der Waals surface area (Å²) < 4.78 is 5.22. The predicted octanol–water partition coefficient (Wildman–Crippen LogP) is 1.30. The zero-order chi connectivity index (χ0) is 14.5. The van der Waals surface area contributed by atoms with Crippen molar-refractivity contribution < 1.29 is 9.53 Å². The Morgan fingerprint density at radius 2 is 2.30 bits per heavy atom. The van der Waals surface area contributed by atoms with Crippen molar-refractivity contribution in [2.75, 3.05) is 32.1 Å². The second kappa shape index (κ2) is 6.72. The van der Waals surface area contributed by atoms with E-state index in [2.05, 4.69) is 10.2 Å². The third-order valence-corrected chi connectivity index (χ3v) is 3.80. The first-order valence-electron chi connectivity index (χ1n) is 7.01. The lowest BCUT2D eigenvalue weighted by Gasteiger charge is -2.17. The third-order valence-electron chi connectivity index (χ3n) is 3.80. The highest BCUT2D eigenvalue weighted by atomic mass is 16.5. The van der Waals surface area contributed by atoms with E-state index < -0.39 is 0 Å². The molecule has 0 spiro atoms. The van der Waals surface area contributed by atoms with Crippen molar-refractivity contribution >= 4 is 11.6 Å². The van der Waals surface area contributed by atoms with Gasteiger partial charge in [-0.3, -0.25) is 9.69 Å². The van der Waals surface area contributed by atoms with Crippen LogP contribution in [0.3, 0.4) is 0 Å². The van der Waals surface area contributed by atoms with Crippen molar-refractivity contribution in [1.82, 2.24) is 4.90 Å². The largest absolute Gasteiger partial charge is 0.495 e. The van der Waals surface area contributed by atoms with Gasteiger partial charge in [0.2, 0.25) is 5.91 Å². The Morgan fingerprint density at radius 3 is 2.95 bits per heavy atom. The van der Waals surface area contributed by atoms with Crippen LogP contribution in [0, 0.1) is 5.92 Å². The summed E-state index contributed by atoms with van der Waals surface area (Å²) in [6, 6.07) is 7.61. The maximum Gasteiger partial charge on any atom is 0.238 e. The van der Waals surface area contributed by atoms with Crippen LogP contribution < -0.4 is 15.8 Å². The fraction of sp³-hybridized carbons (Fsp3) is 0.533. The van der Waals surface area contributed by atoms with E-state index in [0.29, 0.717) is 23.9 Å². The van der Waals surface area contributed by atoms with Gasteiger partial charge in [-0.25, -0.2) is 0 Å². The normalized spacial score (nSPS) is 20.6. The van der Waals surface area contributed by atoms with Gasteiger partial charge in [-0.1, -0.05) is 12.1 Å². The summed E-state index contributed by atoms with van der Waals surface area (Å²) in [5, 5.41) is 2.90. The molecule has 3 N–H and O–H groups in total. The van der Waals surface area contributed by atoms with Crippen molar-refractivity contribution in [3.8, 4) is 5.75 Å². The molecular weight excluding hydrogens is 254 g/mol. The van der Waals surface area contributed by atoms with Crippen LogP contribution in [0.4, 0.5) is 5.69 Å². The molecule has 0 radical (unpaired) electrons. The molecule has 1 fully saturated rings. The molecule has 0 aliphatic carbocycles. The van der Waals surface area contributed by atoms with Crippen LogP contribution in [0.1, 0.15) is 13.3 Å². The molecule has 1 heterocycles. The maximum absolute atomic E-state index is 12.1. The van der Waals surface area contributed by atoms with E-state index >= 15 is 0 Å². The number of para-hydroxylation sites is 2. The van der Waals surface area contributed by atoms with Crippen LogP contribution in [0.2, 0.25) is 0 Å². The Bertz CT molecular complexity index is 462. The second-order valence-corrected chi connectivity index (χ2v) is 5.39. The number of benzene rings is 1. The third kappa shape index (κ3) is 3.71. The molecule has 0 saturated carbocycles. The van der Waals surface area contributed by atoms with Crippen LogP contribution in [0.25, 0.3) is 0 Å². The van der Waals surface area contributed by atoms with Gasteiger partial charge in [-0.05, 0) is 37.9 Å². The summed E-state index contributed by atoms with van der Waals surface area (Å²) in [4.78, 5) is 14.2. The molecule has 1 aliphatic heterocycles. The molecule has 1 aromatic carbocycles. The number of carbonyl (C=O) groups excluding carboxylic acids is 1. The molecule has 2 unspecified atom stereocenters. The lowest BCUT2D eigenvalue weighted by molar-refractivity contribution is -0.117. The van der Waals surface area contributed by atoms with Gasteiger partial charge in [0.25, 0.3) is 0 Å². The topological polar surface area (TPSA) is 67.6 Å². The number of nitrogens with zero attached hydrogens (tertiary/aromatic N) is 1. The first kappa shape index (κ1) is 14.8. The van der Waals surface area contributed by atoms with Gasteiger partial charge >= 0.3 is 0 Å². The highest BCUT2D eigenvalue weighted by Gasteiger charge is 2.26. The number of ether oxygens (including phenoxy) is 1. The molecule has 1 saturated heterocycles. The Balaban J connectivity index is 1.87. The average Bonchev–Trinajstić information content (AvgIpc) is 2.88. The van der Waals surface area contributed by atoms with Gasteiger partial charge in [0.05, 0.1) is 19.3 Å². The molecule has 5 nitrogen and oxygen atoms in total. The van der Waals surface area contributed by atoms with Crippen LogP contribution in [-0.2, 0) is 4.79 Å². The number of rotatable bonds is 5. The summed E-state index contributed by atoms with van der Waals surface area (Å²) in [7, 11) is 1.60. The predicted molar refractivity (Wildman–Crippen MR) is 79.8 cm³/mol. The van der Waals surface area contributed by atoms with Crippen LogP contribution >= 0.6 is 0 Å². The number of carbonyl (C=O) groups is 1. The molecule has 1 amide bonds. The molecule has 20 heavy (non-hydrogen) atoms. The Labute approximate surface area is 120 Å². The summed E-state index contributed by atoms with van der Waals surface area (Å²) in [5.74, 6) is 1.16. The number of hydrogen-bond donors (Lipinski definition) is 2. The monoisotopic (exact) mass is 277 g/mol. The average molecular weight is 277 g/mol.